The van der Waals surface area contributed by atoms with Gasteiger partial charge in [-0.2, -0.15) is 0 Å². The molecule has 15 heavy (non-hydrogen) atoms. The van der Waals surface area contributed by atoms with E-state index >= 15 is 0 Å². The average molecular weight is 216 g/mol. The molecule has 0 amide bonds. The van der Waals surface area contributed by atoms with Crippen LogP contribution in [0.5, 0.6) is 0 Å². The molecule has 1 rings (SSSR count). The van der Waals surface area contributed by atoms with Gasteiger partial charge in [-0.25, -0.2) is 4.79 Å². The molecular formula is C8H8O7. The van der Waals surface area contributed by atoms with Crippen LogP contribution in [0, 0.1) is 0 Å². The molecule has 7 nitrogen and oxygen atoms in total. The Balaban J connectivity index is 2.71. The third kappa shape index (κ3) is 2.13. The number of esters is 1. The molecule has 0 bridgehead atoms. The van der Waals surface area contributed by atoms with Crippen molar-refractivity contribution in [3.63, 3.8) is 0 Å². The molecule has 3 N–H and O–H groups in total. The second-order valence-corrected chi connectivity index (χ2v) is 2.92. The van der Waals surface area contributed by atoms with E-state index in [0.29, 0.717) is 0 Å². The summed E-state index contributed by atoms with van der Waals surface area (Å²) in [5, 5.41) is 27.3. The van der Waals surface area contributed by atoms with E-state index in [0.717, 1.165) is 0 Å². The van der Waals surface area contributed by atoms with E-state index in [1.165, 1.54) is 0 Å². The number of ether oxygens (including phenoxy) is 1. The van der Waals surface area contributed by atoms with Gasteiger partial charge in [-0.3, -0.25) is 9.59 Å². The SMILES string of the molecule is O=CC(=O)CC(O)C1OC(=O)C(O)=C1O. The summed E-state index contributed by atoms with van der Waals surface area (Å²) < 4.78 is 4.36. The zero-order valence-corrected chi connectivity index (χ0v) is 7.41. The number of Topliss-reactive ketones (excluding diaryl/α,β-unsaturated/α-hetero) is 1. The molecule has 82 valence electrons. The molecular weight excluding hydrogens is 208 g/mol. The fraction of sp³-hybridized carbons (Fsp3) is 0.375. The van der Waals surface area contributed by atoms with Gasteiger partial charge < -0.3 is 20.1 Å². The quantitative estimate of drug-likeness (QED) is 0.305. The fourth-order valence-electron chi connectivity index (χ4n) is 1.09. The Morgan fingerprint density at radius 1 is 1.53 bits per heavy atom. The van der Waals surface area contributed by atoms with Crippen molar-refractivity contribution in [2.45, 2.75) is 18.6 Å². The minimum Gasteiger partial charge on any atom is -0.505 e. The van der Waals surface area contributed by atoms with Gasteiger partial charge >= 0.3 is 5.97 Å². The number of cyclic esters (lactones) is 1. The molecule has 1 aliphatic rings. The molecule has 2 atom stereocenters. The number of aliphatic hydroxyl groups is 3. The summed E-state index contributed by atoms with van der Waals surface area (Å²) in [7, 11) is 0. The van der Waals surface area contributed by atoms with Crippen molar-refractivity contribution >= 4 is 18.0 Å². The summed E-state index contributed by atoms with van der Waals surface area (Å²) in [6.07, 6.45) is -3.66. The first-order valence-corrected chi connectivity index (χ1v) is 3.96. The molecule has 0 aromatic carbocycles. The first-order valence-electron chi connectivity index (χ1n) is 3.96. The highest BCUT2D eigenvalue weighted by molar-refractivity contribution is 6.25. The van der Waals surface area contributed by atoms with Gasteiger partial charge in [-0.05, 0) is 0 Å². The lowest BCUT2D eigenvalue weighted by molar-refractivity contribution is -0.148. The van der Waals surface area contributed by atoms with Crippen LogP contribution in [-0.4, -0.2) is 45.6 Å². The number of rotatable bonds is 4. The van der Waals surface area contributed by atoms with Crippen LogP contribution in [0.3, 0.4) is 0 Å². The van der Waals surface area contributed by atoms with Crippen LogP contribution < -0.4 is 0 Å². The lowest BCUT2D eigenvalue weighted by Crippen LogP contribution is -2.31. The van der Waals surface area contributed by atoms with Crippen molar-refractivity contribution < 1.29 is 34.4 Å². The van der Waals surface area contributed by atoms with Crippen LogP contribution >= 0.6 is 0 Å². The van der Waals surface area contributed by atoms with Crippen LogP contribution in [0.4, 0.5) is 0 Å². The third-order valence-corrected chi connectivity index (χ3v) is 1.83. The number of aldehydes is 1. The van der Waals surface area contributed by atoms with Crippen LogP contribution in [0.25, 0.3) is 0 Å². The van der Waals surface area contributed by atoms with Crippen molar-refractivity contribution in [1.82, 2.24) is 0 Å². The van der Waals surface area contributed by atoms with E-state index in [1.807, 2.05) is 0 Å². The Bertz CT molecular complexity index is 343. The molecule has 0 saturated heterocycles. The van der Waals surface area contributed by atoms with Crippen LogP contribution in [-0.2, 0) is 19.1 Å². The molecule has 1 aliphatic heterocycles. The lowest BCUT2D eigenvalue weighted by atomic mass is 10.1. The monoisotopic (exact) mass is 216 g/mol. The Morgan fingerprint density at radius 3 is 2.53 bits per heavy atom. The molecule has 0 fully saturated rings. The molecule has 1 heterocycles. The van der Waals surface area contributed by atoms with Gasteiger partial charge in [0.15, 0.2) is 23.9 Å². The smallest absolute Gasteiger partial charge is 0.377 e. The van der Waals surface area contributed by atoms with E-state index < -0.39 is 41.9 Å². The normalized spacial score (nSPS) is 22.5. The number of aliphatic hydroxyl groups excluding tert-OH is 3. The first kappa shape index (κ1) is 11.2. The highest BCUT2D eigenvalue weighted by atomic mass is 16.6. The molecule has 7 heteroatoms. The zero-order valence-electron chi connectivity index (χ0n) is 7.41. The number of carbonyl (C=O) groups is 3. The van der Waals surface area contributed by atoms with Gasteiger partial charge in [-0.15, -0.1) is 0 Å². The fourth-order valence-corrected chi connectivity index (χ4v) is 1.09. The van der Waals surface area contributed by atoms with E-state index in [2.05, 4.69) is 4.74 Å². The summed E-state index contributed by atoms with van der Waals surface area (Å²) in [4.78, 5) is 31.3. The largest absolute Gasteiger partial charge is 0.505 e. The molecule has 0 aromatic rings. The Labute approximate surface area is 83.6 Å². The maximum absolute atomic E-state index is 10.7. The number of carbonyl (C=O) groups excluding carboxylic acids is 3. The molecule has 0 aliphatic carbocycles. The van der Waals surface area contributed by atoms with Crippen molar-refractivity contribution in [2.75, 3.05) is 0 Å². The Morgan fingerprint density at radius 2 is 2.13 bits per heavy atom. The minimum absolute atomic E-state index is 0.000607. The van der Waals surface area contributed by atoms with E-state index in [-0.39, 0.29) is 6.29 Å². The molecule has 0 saturated carbocycles. The number of ketones is 1. The minimum atomic E-state index is -1.56. The second kappa shape index (κ2) is 4.09. The lowest BCUT2D eigenvalue weighted by Gasteiger charge is -2.15. The second-order valence-electron chi connectivity index (χ2n) is 2.92. The topological polar surface area (TPSA) is 121 Å². The van der Waals surface area contributed by atoms with Crippen molar-refractivity contribution in [2.24, 2.45) is 0 Å². The highest BCUT2D eigenvalue weighted by Crippen LogP contribution is 2.22. The summed E-state index contributed by atoms with van der Waals surface area (Å²) >= 11 is 0. The highest BCUT2D eigenvalue weighted by Gasteiger charge is 2.39. The van der Waals surface area contributed by atoms with E-state index in [1.54, 1.807) is 0 Å². The number of hydrogen-bond acceptors (Lipinski definition) is 7. The zero-order chi connectivity index (χ0) is 11.6. The summed E-state index contributed by atoms with van der Waals surface area (Å²) in [5.74, 6) is -3.93. The van der Waals surface area contributed by atoms with Crippen LogP contribution in [0.15, 0.2) is 11.5 Å². The molecule has 0 radical (unpaired) electrons. The molecule has 0 aromatic heterocycles. The third-order valence-electron chi connectivity index (χ3n) is 1.83. The van der Waals surface area contributed by atoms with Crippen molar-refractivity contribution in [3.8, 4) is 0 Å². The number of hydrogen-bond donors (Lipinski definition) is 3. The van der Waals surface area contributed by atoms with Crippen LogP contribution in [0.2, 0.25) is 0 Å². The maximum Gasteiger partial charge on any atom is 0.377 e. The van der Waals surface area contributed by atoms with Gasteiger partial charge in [0.05, 0.1) is 0 Å². The van der Waals surface area contributed by atoms with Gasteiger partial charge in [0, 0.05) is 6.42 Å². The van der Waals surface area contributed by atoms with Gasteiger partial charge in [0.2, 0.25) is 5.76 Å². The van der Waals surface area contributed by atoms with E-state index in [9.17, 15) is 19.5 Å². The first-order chi connectivity index (χ1) is 6.97. The summed E-state index contributed by atoms with van der Waals surface area (Å²) in [6.45, 7) is 0. The van der Waals surface area contributed by atoms with Crippen LogP contribution in [0.1, 0.15) is 6.42 Å². The van der Waals surface area contributed by atoms with Gasteiger partial charge in [0.1, 0.15) is 6.10 Å². The molecule has 2 unspecified atom stereocenters. The Kier molecular flexibility index (Phi) is 3.05. The Hall–Kier alpha value is -1.89. The predicted octanol–water partition coefficient (Wildman–Crippen LogP) is -1.24. The maximum atomic E-state index is 10.7. The average Bonchev–Trinajstić information content (AvgIpc) is 2.45. The molecule has 0 spiro atoms. The summed E-state index contributed by atoms with van der Waals surface area (Å²) in [5.41, 5.74) is 0. The predicted molar refractivity (Wildman–Crippen MR) is 43.9 cm³/mol. The van der Waals surface area contributed by atoms with Gasteiger partial charge in [-0.1, -0.05) is 0 Å². The van der Waals surface area contributed by atoms with Crippen molar-refractivity contribution in [1.29, 1.82) is 0 Å². The van der Waals surface area contributed by atoms with Crippen molar-refractivity contribution in [3.05, 3.63) is 11.5 Å². The summed E-state index contributed by atoms with van der Waals surface area (Å²) in [6, 6.07) is 0. The van der Waals surface area contributed by atoms with Gasteiger partial charge in [0.25, 0.3) is 0 Å². The standard InChI is InChI=1S/C8H8O7/c9-2-3(10)1-4(11)7-5(12)6(13)8(14)15-7/h2,4,7,11-13H,1H2. The van der Waals surface area contributed by atoms with E-state index in [4.69, 9.17) is 10.2 Å².